The molecule has 0 N–H and O–H groups in total. The zero-order valence-corrected chi connectivity index (χ0v) is 18.6. The van der Waals surface area contributed by atoms with Crippen LogP contribution in [0.15, 0.2) is 42.6 Å². The standard InChI is InChI=1S/C24H27N5O3/c1-15-13-21-25-14-20(16(2)29(21)26-15)23(30)27-11-9-19(10-12-27)28-17(3)22(32-24(28)31)18-7-5-4-6-8-18/h4-8,13-14,17,19,22H,9-12H2,1-3H3. The van der Waals surface area contributed by atoms with Crippen LogP contribution in [0, 0.1) is 13.8 Å². The number of ether oxygens (including phenoxy) is 1. The second kappa shape index (κ2) is 7.93. The average molecular weight is 434 g/mol. The Morgan fingerprint density at radius 1 is 1.12 bits per heavy atom. The third-order valence-corrected chi connectivity index (χ3v) is 6.67. The van der Waals surface area contributed by atoms with Gasteiger partial charge in [-0.05, 0) is 39.2 Å². The number of carbonyl (C=O) groups excluding carboxylic acids is 2. The van der Waals surface area contributed by atoms with Gasteiger partial charge in [0.05, 0.1) is 23.0 Å². The Morgan fingerprint density at radius 3 is 2.56 bits per heavy atom. The first-order chi connectivity index (χ1) is 15.4. The van der Waals surface area contributed by atoms with E-state index in [-0.39, 0.29) is 30.2 Å². The highest BCUT2D eigenvalue weighted by atomic mass is 16.6. The summed E-state index contributed by atoms with van der Waals surface area (Å²) in [6.45, 7) is 7.02. The van der Waals surface area contributed by atoms with E-state index in [9.17, 15) is 9.59 Å². The molecule has 166 valence electrons. The van der Waals surface area contributed by atoms with E-state index in [1.165, 1.54) is 0 Å². The molecule has 4 heterocycles. The van der Waals surface area contributed by atoms with E-state index in [4.69, 9.17) is 4.74 Å². The minimum absolute atomic E-state index is 0.0392. The maximum absolute atomic E-state index is 13.2. The van der Waals surface area contributed by atoms with Gasteiger partial charge in [0.1, 0.15) is 6.10 Å². The molecule has 8 heteroatoms. The van der Waals surface area contributed by atoms with Gasteiger partial charge in [-0.1, -0.05) is 30.3 Å². The molecule has 0 bridgehead atoms. The molecule has 2 aliphatic rings. The summed E-state index contributed by atoms with van der Waals surface area (Å²) in [6.07, 6.45) is 2.56. The van der Waals surface area contributed by atoms with E-state index in [1.807, 2.05) is 67.0 Å². The van der Waals surface area contributed by atoms with Crippen LogP contribution in [0.1, 0.15) is 53.2 Å². The molecule has 2 fully saturated rings. The first kappa shape index (κ1) is 20.5. The van der Waals surface area contributed by atoms with Gasteiger partial charge in [-0.2, -0.15) is 5.10 Å². The van der Waals surface area contributed by atoms with E-state index in [1.54, 1.807) is 10.7 Å². The summed E-state index contributed by atoms with van der Waals surface area (Å²) >= 11 is 0. The summed E-state index contributed by atoms with van der Waals surface area (Å²) < 4.78 is 7.44. The lowest BCUT2D eigenvalue weighted by Crippen LogP contribution is -2.49. The Morgan fingerprint density at radius 2 is 1.84 bits per heavy atom. The van der Waals surface area contributed by atoms with Crippen LogP contribution in [-0.2, 0) is 4.74 Å². The molecule has 0 saturated carbocycles. The molecule has 0 aliphatic carbocycles. The number of likely N-dealkylation sites (tertiary alicyclic amines) is 1. The van der Waals surface area contributed by atoms with E-state index >= 15 is 0 Å². The topological polar surface area (TPSA) is 80.0 Å². The molecule has 32 heavy (non-hydrogen) atoms. The van der Waals surface area contributed by atoms with Gasteiger partial charge in [0.25, 0.3) is 5.91 Å². The largest absolute Gasteiger partial charge is 0.439 e. The van der Waals surface area contributed by atoms with Crippen molar-refractivity contribution in [3.05, 3.63) is 65.1 Å². The van der Waals surface area contributed by atoms with Gasteiger partial charge in [0.15, 0.2) is 5.65 Å². The molecule has 5 rings (SSSR count). The number of piperidine rings is 1. The van der Waals surface area contributed by atoms with E-state index in [0.29, 0.717) is 18.7 Å². The fourth-order valence-electron chi connectivity index (χ4n) is 4.94. The van der Waals surface area contributed by atoms with E-state index < -0.39 is 0 Å². The van der Waals surface area contributed by atoms with Crippen molar-refractivity contribution in [2.75, 3.05) is 13.1 Å². The number of rotatable bonds is 3. The lowest BCUT2D eigenvalue weighted by Gasteiger charge is -2.37. The number of hydrogen-bond acceptors (Lipinski definition) is 5. The Kier molecular flexibility index (Phi) is 5.07. The molecule has 1 aromatic carbocycles. The molecular weight excluding hydrogens is 406 g/mol. The van der Waals surface area contributed by atoms with Crippen molar-refractivity contribution in [2.24, 2.45) is 0 Å². The van der Waals surface area contributed by atoms with Crippen molar-refractivity contribution in [2.45, 2.75) is 51.8 Å². The SMILES string of the molecule is Cc1cc2ncc(C(=O)N3CCC(N4C(=O)OC(c5ccccc5)C4C)CC3)c(C)n2n1. The minimum Gasteiger partial charge on any atom is -0.439 e. The van der Waals surface area contributed by atoms with Crippen molar-refractivity contribution < 1.29 is 14.3 Å². The van der Waals surface area contributed by atoms with Gasteiger partial charge in [-0.25, -0.2) is 14.3 Å². The number of benzene rings is 1. The smallest absolute Gasteiger partial charge is 0.411 e. The second-order valence-corrected chi connectivity index (χ2v) is 8.70. The Hall–Kier alpha value is -3.42. The Balaban J connectivity index is 1.28. The van der Waals surface area contributed by atoms with Crippen molar-refractivity contribution in [3.8, 4) is 0 Å². The predicted molar refractivity (Wildman–Crippen MR) is 118 cm³/mol. The summed E-state index contributed by atoms with van der Waals surface area (Å²) in [5.41, 5.74) is 3.97. The number of aryl methyl sites for hydroxylation is 2. The van der Waals surface area contributed by atoms with Gasteiger partial charge in [-0.15, -0.1) is 0 Å². The Labute approximate surface area is 186 Å². The number of nitrogens with zero attached hydrogens (tertiary/aromatic N) is 5. The van der Waals surface area contributed by atoms with Crippen LogP contribution in [0.3, 0.4) is 0 Å². The first-order valence-electron chi connectivity index (χ1n) is 11.1. The van der Waals surface area contributed by atoms with Crippen LogP contribution in [0.2, 0.25) is 0 Å². The van der Waals surface area contributed by atoms with Gasteiger partial charge < -0.3 is 9.64 Å². The second-order valence-electron chi connectivity index (χ2n) is 8.70. The number of cyclic esters (lactones) is 1. The zero-order valence-electron chi connectivity index (χ0n) is 18.6. The van der Waals surface area contributed by atoms with Crippen LogP contribution in [-0.4, -0.2) is 61.6 Å². The van der Waals surface area contributed by atoms with Crippen molar-refractivity contribution in [3.63, 3.8) is 0 Å². The maximum Gasteiger partial charge on any atom is 0.411 e. The van der Waals surface area contributed by atoms with Gasteiger partial charge in [-0.3, -0.25) is 9.69 Å². The molecule has 2 aromatic heterocycles. The van der Waals surface area contributed by atoms with Gasteiger partial charge in [0.2, 0.25) is 0 Å². The molecule has 0 spiro atoms. The molecule has 2 unspecified atom stereocenters. The van der Waals surface area contributed by atoms with Crippen molar-refractivity contribution >= 4 is 17.6 Å². The number of amides is 2. The van der Waals surface area contributed by atoms with Crippen molar-refractivity contribution in [1.82, 2.24) is 24.4 Å². The van der Waals surface area contributed by atoms with Crippen LogP contribution in [0.5, 0.6) is 0 Å². The fourth-order valence-corrected chi connectivity index (χ4v) is 4.94. The third-order valence-electron chi connectivity index (χ3n) is 6.67. The molecule has 3 aromatic rings. The lowest BCUT2D eigenvalue weighted by molar-refractivity contribution is 0.0638. The zero-order chi connectivity index (χ0) is 22.4. The van der Waals surface area contributed by atoms with E-state index in [0.717, 1.165) is 35.4 Å². The molecule has 2 aliphatic heterocycles. The minimum atomic E-state index is -0.268. The van der Waals surface area contributed by atoms with E-state index in [2.05, 4.69) is 10.1 Å². The summed E-state index contributed by atoms with van der Waals surface area (Å²) in [5.74, 6) is -0.0392. The third kappa shape index (κ3) is 3.39. The van der Waals surface area contributed by atoms with Crippen LogP contribution < -0.4 is 0 Å². The summed E-state index contributed by atoms with van der Waals surface area (Å²) in [7, 11) is 0. The molecule has 2 saturated heterocycles. The highest BCUT2D eigenvalue weighted by Gasteiger charge is 2.44. The van der Waals surface area contributed by atoms with Crippen LogP contribution in [0.4, 0.5) is 4.79 Å². The summed E-state index contributed by atoms with van der Waals surface area (Å²) in [5, 5.41) is 4.44. The van der Waals surface area contributed by atoms with Crippen LogP contribution >= 0.6 is 0 Å². The number of carbonyl (C=O) groups is 2. The fraction of sp³-hybridized carbons (Fsp3) is 0.417. The average Bonchev–Trinajstić information content (AvgIpc) is 3.33. The maximum atomic E-state index is 13.2. The highest BCUT2D eigenvalue weighted by molar-refractivity contribution is 5.95. The van der Waals surface area contributed by atoms with Crippen molar-refractivity contribution in [1.29, 1.82) is 0 Å². The predicted octanol–water partition coefficient (Wildman–Crippen LogP) is 3.53. The number of aromatic nitrogens is 3. The van der Waals surface area contributed by atoms with Crippen LogP contribution in [0.25, 0.3) is 5.65 Å². The quantitative estimate of drug-likeness (QED) is 0.631. The summed E-state index contributed by atoms with van der Waals surface area (Å²) in [4.78, 5) is 34.0. The Bertz CT molecular complexity index is 1170. The first-order valence-corrected chi connectivity index (χ1v) is 11.1. The lowest BCUT2D eigenvalue weighted by atomic mass is 9.98. The monoisotopic (exact) mass is 433 g/mol. The molecular formula is C24H27N5O3. The van der Waals surface area contributed by atoms with Gasteiger partial charge in [0, 0.05) is 31.4 Å². The highest BCUT2D eigenvalue weighted by Crippen LogP contribution is 2.35. The van der Waals surface area contributed by atoms with Gasteiger partial charge >= 0.3 is 6.09 Å². The number of fused-ring (bicyclic) bond motifs is 1. The molecule has 8 nitrogen and oxygen atoms in total. The normalized spacial score (nSPS) is 21.9. The number of hydrogen-bond donors (Lipinski definition) is 0. The molecule has 2 atom stereocenters. The summed E-state index contributed by atoms with van der Waals surface area (Å²) in [6, 6.07) is 11.8. The molecule has 2 amide bonds. The molecule has 0 radical (unpaired) electrons.